The van der Waals surface area contributed by atoms with Gasteiger partial charge >= 0.3 is 17.9 Å². The minimum atomic E-state index is -2.13. The van der Waals surface area contributed by atoms with Crippen LogP contribution in [0.15, 0.2) is 36.5 Å². The van der Waals surface area contributed by atoms with Crippen LogP contribution in [0.3, 0.4) is 0 Å². The predicted molar refractivity (Wildman–Crippen MR) is 103 cm³/mol. The Labute approximate surface area is 174 Å². The van der Waals surface area contributed by atoms with E-state index in [-0.39, 0.29) is 16.7 Å². The molecular weight excluding hydrogens is 400 g/mol. The molecule has 0 aromatic carbocycles. The SMILES string of the molecule is C=C(C)C(=O)OC(C)OC([Si])(OC(C)OC(=O)C(=C)C)OC(C)OC(=O)C(=C)C. The standard InChI is InChI=1S/C19H27O9Si/c1-10(2)16(20)23-13(7)26-19(29,27-14(8)24-17(21)11(3)4)28-15(9)25-18(22)12(5)6/h13-15H,1,3,5H2,2,4,6-9H3. The van der Waals surface area contributed by atoms with E-state index in [1.54, 1.807) is 0 Å². The number of rotatable bonds is 12. The van der Waals surface area contributed by atoms with Gasteiger partial charge in [0.05, 0.1) is 0 Å². The van der Waals surface area contributed by atoms with Crippen molar-refractivity contribution in [3.05, 3.63) is 36.5 Å². The van der Waals surface area contributed by atoms with Crippen LogP contribution in [0.1, 0.15) is 41.5 Å². The summed E-state index contributed by atoms with van der Waals surface area (Å²) < 4.78 is 31.4. The first-order chi connectivity index (χ1) is 13.2. The van der Waals surface area contributed by atoms with Gasteiger partial charge in [-0.05, 0) is 41.5 Å². The van der Waals surface area contributed by atoms with Crippen LogP contribution in [0.4, 0.5) is 0 Å². The molecule has 161 valence electrons. The minimum absolute atomic E-state index is 0.148. The predicted octanol–water partition coefficient (Wildman–Crippen LogP) is 2.21. The van der Waals surface area contributed by atoms with E-state index in [2.05, 4.69) is 30.0 Å². The Hall–Kier alpha value is -2.27. The normalized spacial score (nSPS) is 15.8. The molecule has 0 N–H and O–H groups in total. The molecule has 9 nitrogen and oxygen atoms in total. The van der Waals surface area contributed by atoms with Crippen LogP contribution < -0.4 is 0 Å². The summed E-state index contributed by atoms with van der Waals surface area (Å²) in [7, 11) is 3.12. The number of ether oxygens (including phenoxy) is 6. The maximum atomic E-state index is 11.7. The van der Waals surface area contributed by atoms with Gasteiger partial charge in [0.15, 0.2) is 10.2 Å². The molecule has 3 unspecified atom stereocenters. The van der Waals surface area contributed by atoms with Gasteiger partial charge in [-0.15, -0.1) is 0 Å². The molecule has 10 heteroatoms. The van der Waals surface area contributed by atoms with Crippen molar-refractivity contribution in [1.82, 2.24) is 0 Å². The topological polar surface area (TPSA) is 107 Å². The lowest BCUT2D eigenvalue weighted by molar-refractivity contribution is -0.416. The molecule has 0 fully saturated rings. The quantitative estimate of drug-likeness (QED) is 0.152. The van der Waals surface area contributed by atoms with Gasteiger partial charge in [-0.1, -0.05) is 19.7 Å². The first-order valence-corrected chi connectivity index (χ1v) is 9.04. The van der Waals surface area contributed by atoms with E-state index >= 15 is 0 Å². The van der Waals surface area contributed by atoms with E-state index in [9.17, 15) is 14.4 Å². The van der Waals surface area contributed by atoms with E-state index in [1.807, 2.05) is 0 Å². The van der Waals surface area contributed by atoms with Crippen molar-refractivity contribution in [3.63, 3.8) is 0 Å². The maximum absolute atomic E-state index is 11.7. The highest BCUT2D eigenvalue weighted by Crippen LogP contribution is 2.21. The fourth-order valence-electron chi connectivity index (χ4n) is 1.56. The molecule has 0 aliphatic rings. The summed E-state index contributed by atoms with van der Waals surface area (Å²) in [6, 6.07) is 0. The Kier molecular flexibility index (Phi) is 10.7. The Morgan fingerprint density at radius 3 is 1.03 bits per heavy atom. The second kappa shape index (κ2) is 11.7. The highest BCUT2D eigenvalue weighted by molar-refractivity contribution is 6.12. The van der Waals surface area contributed by atoms with Crippen LogP contribution >= 0.6 is 0 Å². The molecule has 0 spiro atoms. The van der Waals surface area contributed by atoms with Gasteiger partial charge in [-0.2, -0.15) is 0 Å². The van der Waals surface area contributed by atoms with Crippen LogP contribution in [0.5, 0.6) is 0 Å². The summed E-state index contributed by atoms with van der Waals surface area (Å²) >= 11 is 0. The van der Waals surface area contributed by atoms with Crippen LogP contribution in [-0.4, -0.2) is 52.6 Å². The van der Waals surface area contributed by atoms with E-state index in [0.29, 0.717) is 0 Å². The molecule has 0 saturated heterocycles. The van der Waals surface area contributed by atoms with Crippen molar-refractivity contribution >= 4 is 28.2 Å². The van der Waals surface area contributed by atoms with Gasteiger partial charge in [0, 0.05) is 16.7 Å². The van der Waals surface area contributed by atoms with Gasteiger partial charge in [0.25, 0.3) is 5.60 Å². The number of esters is 3. The van der Waals surface area contributed by atoms with E-state index < -0.39 is 42.4 Å². The third-order valence-electron chi connectivity index (χ3n) is 2.83. The number of hydrogen-bond donors (Lipinski definition) is 0. The molecular formula is C19H27O9Si. The van der Waals surface area contributed by atoms with Crippen molar-refractivity contribution in [3.8, 4) is 0 Å². The molecule has 0 rings (SSSR count). The molecule has 3 atom stereocenters. The number of carbonyl (C=O) groups is 3. The summed E-state index contributed by atoms with van der Waals surface area (Å²) in [6.07, 6.45) is -3.57. The molecule has 0 bridgehead atoms. The molecule has 29 heavy (non-hydrogen) atoms. The Bertz CT molecular complexity index is 582. The fourth-order valence-corrected chi connectivity index (χ4v) is 2.06. The molecule has 3 radical (unpaired) electrons. The average molecular weight is 428 g/mol. The zero-order chi connectivity index (χ0) is 22.9. The van der Waals surface area contributed by atoms with Gasteiger partial charge < -0.3 is 14.2 Å². The van der Waals surface area contributed by atoms with Crippen molar-refractivity contribution in [2.75, 3.05) is 0 Å². The summed E-state index contributed by atoms with van der Waals surface area (Å²) in [5.74, 6) is -2.14. The largest absolute Gasteiger partial charge is 0.433 e. The van der Waals surface area contributed by atoms with Gasteiger partial charge in [0.1, 0.15) is 0 Å². The first kappa shape index (κ1) is 26.7. The third kappa shape index (κ3) is 10.7. The molecule has 0 aliphatic carbocycles. The second-order valence-corrected chi connectivity index (χ2v) is 6.78. The number of carbonyl (C=O) groups excluding carboxylic acids is 3. The molecule has 0 aliphatic heterocycles. The Morgan fingerprint density at radius 2 is 0.862 bits per heavy atom. The van der Waals surface area contributed by atoms with Crippen molar-refractivity contribution in [2.24, 2.45) is 0 Å². The summed E-state index contributed by atoms with van der Waals surface area (Å²) in [6.45, 7) is 18.9. The second-order valence-electron chi connectivity index (χ2n) is 6.17. The van der Waals surface area contributed by atoms with Crippen molar-refractivity contribution in [2.45, 2.75) is 66.0 Å². The summed E-state index contributed by atoms with van der Waals surface area (Å²) in [5, 5.41) is 0. The fraction of sp³-hybridized carbons (Fsp3) is 0.526. The van der Waals surface area contributed by atoms with E-state index in [1.165, 1.54) is 41.5 Å². The third-order valence-corrected chi connectivity index (χ3v) is 3.18. The van der Waals surface area contributed by atoms with Crippen molar-refractivity contribution in [1.29, 1.82) is 0 Å². The van der Waals surface area contributed by atoms with Crippen LogP contribution in [0.25, 0.3) is 0 Å². The molecule has 0 saturated carbocycles. The Morgan fingerprint density at radius 1 is 0.655 bits per heavy atom. The van der Waals surface area contributed by atoms with Crippen molar-refractivity contribution < 1.29 is 42.8 Å². The monoisotopic (exact) mass is 427 g/mol. The zero-order valence-electron chi connectivity index (χ0n) is 17.5. The minimum Gasteiger partial charge on any atom is -0.433 e. The van der Waals surface area contributed by atoms with Gasteiger partial charge in [-0.3, -0.25) is 14.2 Å². The van der Waals surface area contributed by atoms with E-state index in [4.69, 9.17) is 28.4 Å². The first-order valence-electron chi connectivity index (χ1n) is 8.54. The summed E-state index contributed by atoms with van der Waals surface area (Å²) in [5.41, 5.74) is -1.68. The molecule has 0 heterocycles. The van der Waals surface area contributed by atoms with Gasteiger partial charge in [-0.25, -0.2) is 14.4 Å². The van der Waals surface area contributed by atoms with Gasteiger partial charge in [0.2, 0.25) is 18.9 Å². The average Bonchev–Trinajstić information content (AvgIpc) is 2.52. The van der Waals surface area contributed by atoms with Crippen LogP contribution in [-0.2, 0) is 42.8 Å². The summed E-state index contributed by atoms with van der Waals surface area (Å²) in [4.78, 5) is 35.0. The highest BCUT2D eigenvalue weighted by atomic mass is 28.1. The number of hydrogen-bond acceptors (Lipinski definition) is 9. The molecule has 0 aromatic rings. The lowest BCUT2D eigenvalue weighted by Gasteiger charge is -2.35. The smallest absolute Gasteiger partial charge is 0.335 e. The molecule has 0 aromatic heterocycles. The lowest BCUT2D eigenvalue weighted by atomic mass is 10.4. The zero-order valence-corrected chi connectivity index (χ0v) is 18.5. The van der Waals surface area contributed by atoms with E-state index in [0.717, 1.165) is 0 Å². The Balaban J connectivity index is 5.32. The van der Waals surface area contributed by atoms with Crippen LogP contribution in [0.2, 0.25) is 0 Å². The lowest BCUT2D eigenvalue weighted by Crippen LogP contribution is -2.48. The molecule has 0 amide bonds. The van der Waals surface area contributed by atoms with Crippen LogP contribution in [0, 0.1) is 0 Å². The maximum Gasteiger partial charge on any atom is 0.335 e. The highest BCUT2D eigenvalue weighted by Gasteiger charge is 2.37.